The number of H-pyrrole nitrogens is 1. The number of amides is 1. The third-order valence-electron chi connectivity index (χ3n) is 4.28. The largest absolute Gasteiger partial charge is 0.393 e. The van der Waals surface area contributed by atoms with Crippen LogP contribution in [0.4, 0.5) is 5.69 Å². The van der Waals surface area contributed by atoms with Crippen LogP contribution in [0.2, 0.25) is 0 Å². The Balaban J connectivity index is 1.73. The molecule has 1 aliphatic carbocycles. The molecule has 8 heteroatoms. The number of benzene rings is 1. The molecule has 2 atom stereocenters. The van der Waals surface area contributed by atoms with Gasteiger partial charge >= 0.3 is 0 Å². The second-order valence-electron chi connectivity index (χ2n) is 5.96. The SMILES string of the molecule is O=C(NCC1CCCC(O)C1)c1n[nH]c2ccc([N+](=O)[O-])cc12. The van der Waals surface area contributed by atoms with Crippen molar-refractivity contribution >= 4 is 22.5 Å². The third-order valence-corrected chi connectivity index (χ3v) is 4.28. The molecule has 2 aromatic rings. The third kappa shape index (κ3) is 3.31. The van der Waals surface area contributed by atoms with E-state index in [0.29, 0.717) is 23.9 Å². The summed E-state index contributed by atoms with van der Waals surface area (Å²) in [7, 11) is 0. The molecule has 1 saturated carbocycles. The molecule has 1 aliphatic rings. The highest BCUT2D eigenvalue weighted by molar-refractivity contribution is 6.05. The minimum atomic E-state index is -0.502. The molecule has 3 N–H and O–H groups in total. The van der Waals surface area contributed by atoms with Gasteiger partial charge in [0.1, 0.15) is 0 Å². The summed E-state index contributed by atoms with van der Waals surface area (Å²) in [4.78, 5) is 22.7. The Bertz CT molecular complexity index is 742. The highest BCUT2D eigenvalue weighted by Crippen LogP contribution is 2.24. The van der Waals surface area contributed by atoms with Crippen LogP contribution in [0.25, 0.3) is 10.9 Å². The summed E-state index contributed by atoms with van der Waals surface area (Å²) in [5, 5.41) is 30.4. The molecule has 122 valence electrons. The number of carbonyl (C=O) groups is 1. The van der Waals surface area contributed by atoms with Crippen molar-refractivity contribution in [2.24, 2.45) is 5.92 Å². The molecule has 1 fully saturated rings. The lowest BCUT2D eigenvalue weighted by atomic mass is 9.87. The molecule has 23 heavy (non-hydrogen) atoms. The van der Waals surface area contributed by atoms with E-state index in [1.807, 2.05) is 0 Å². The van der Waals surface area contributed by atoms with E-state index in [1.54, 1.807) is 0 Å². The molecule has 3 rings (SSSR count). The van der Waals surface area contributed by atoms with Gasteiger partial charge < -0.3 is 10.4 Å². The van der Waals surface area contributed by atoms with Gasteiger partial charge in [0.2, 0.25) is 0 Å². The molecular formula is C15H18N4O4. The Morgan fingerprint density at radius 2 is 2.30 bits per heavy atom. The normalized spacial score (nSPS) is 21.3. The monoisotopic (exact) mass is 318 g/mol. The van der Waals surface area contributed by atoms with Crippen LogP contribution in [0.1, 0.15) is 36.2 Å². The van der Waals surface area contributed by atoms with E-state index in [-0.39, 0.29) is 29.3 Å². The van der Waals surface area contributed by atoms with Crippen LogP contribution < -0.4 is 5.32 Å². The maximum atomic E-state index is 12.3. The number of nitrogens with zero attached hydrogens (tertiary/aromatic N) is 2. The summed E-state index contributed by atoms with van der Waals surface area (Å²) in [6.07, 6.45) is 3.15. The lowest BCUT2D eigenvalue weighted by molar-refractivity contribution is -0.384. The first-order valence-electron chi connectivity index (χ1n) is 7.63. The van der Waals surface area contributed by atoms with Gasteiger partial charge in [0.05, 0.1) is 16.5 Å². The number of aliphatic hydroxyl groups is 1. The number of fused-ring (bicyclic) bond motifs is 1. The Morgan fingerprint density at radius 3 is 3.04 bits per heavy atom. The Morgan fingerprint density at radius 1 is 1.48 bits per heavy atom. The van der Waals surface area contributed by atoms with Gasteiger partial charge in [-0.15, -0.1) is 0 Å². The average Bonchev–Trinajstić information content (AvgIpc) is 2.95. The zero-order valence-electron chi connectivity index (χ0n) is 12.5. The van der Waals surface area contributed by atoms with E-state index in [2.05, 4.69) is 15.5 Å². The Kier molecular flexibility index (Phi) is 4.24. The molecule has 1 heterocycles. The number of nitro benzene ring substituents is 1. The highest BCUT2D eigenvalue weighted by Gasteiger charge is 2.22. The maximum Gasteiger partial charge on any atom is 0.272 e. The van der Waals surface area contributed by atoms with E-state index in [9.17, 15) is 20.0 Å². The number of non-ortho nitro benzene ring substituents is 1. The molecule has 1 aromatic heterocycles. The minimum Gasteiger partial charge on any atom is -0.393 e. The fourth-order valence-corrected chi connectivity index (χ4v) is 3.06. The molecule has 1 amide bonds. The van der Waals surface area contributed by atoms with Gasteiger partial charge in [-0.05, 0) is 31.2 Å². The molecule has 0 bridgehead atoms. The molecule has 1 aromatic carbocycles. The van der Waals surface area contributed by atoms with Gasteiger partial charge in [-0.25, -0.2) is 0 Å². The van der Waals surface area contributed by atoms with E-state index < -0.39 is 4.92 Å². The van der Waals surface area contributed by atoms with Crippen molar-refractivity contribution < 1.29 is 14.8 Å². The van der Waals surface area contributed by atoms with Crippen molar-refractivity contribution in [3.05, 3.63) is 34.0 Å². The first kappa shape index (κ1) is 15.4. The van der Waals surface area contributed by atoms with Crippen LogP contribution in [-0.2, 0) is 0 Å². The Labute approximate surface area is 132 Å². The van der Waals surface area contributed by atoms with Crippen LogP contribution in [-0.4, -0.2) is 38.8 Å². The lowest BCUT2D eigenvalue weighted by Gasteiger charge is -2.25. The number of aromatic amines is 1. The van der Waals surface area contributed by atoms with Gasteiger partial charge in [-0.3, -0.25) is 20.0 Å². The van der Waals surface area contributed by atoms with Crippen LogP contribution in [0.3, 0.4) is 0 Å². The summed E-state index contributed by atoms with van der Waals surface area (Å²) in [6, 6.07) is 4.25. The quantitative estimate of drug-likeness (QED) is 0.585. The predicted octanol–water partition coefficient (Wildman–Crippen LogP) is 1.75. The van der Waals surface area contributed by atoms with Crippen molar-refractivity contribution in [3.63, 3.8) is 0 Å². The van der Waals surface area contributed by atoms with E-state index >= 15 is 0 Å². The van der Waals surface area contributed by atoms with Crippen molar-refractivity contribution in [3.8, 4) is 0 Å². The number of rotatable bonds is 4. The van der Waals surface area contributed by atoms with Crippen LogP contribution in [0.5, 0.6) is 0 Å². The molecular weight excluding hydrogens is 300 g/mol. The van der Waals surface area contributed by atoms with Gasteiger partial charge in [-0.1, -0.05) is 6.42 Å². The predicted molar refractivity (Wildman–Crippen MR) is 83.0 cm³/mol. The van der Waals surface area contributed by atoms with Gasteiger partial charge in [0, 0.05) is 24.1 Å². The molecule has 0 aliphatic heterocycles. The van der Waals surface area contributed by atoms with Crippen LogP contribution in [0.15, 0.2) is 18.2 Å². The Hall–Kier alpha value is -2.48. The average molecular weight is 318 g/mol. The molecule has 0 spiro atoms. The zero-order valence-corrected chi connectivity index (χ0v) is 12.5. The first-order chi connectivity index (χ1) is 11.0. The summed E-state index contributed by atoms with van der Waals surface area (Å²) < 4.78 is 0. The van der Waals surface area contributed by atoms with Crippen molar-refractivity contribution in [2.75, 3.05) is 6.54 Å². The van der Waals surface area contributed by atoms with Crippen molar-refractivity contribution in [1.29, 1.82) is 0 Å². The second-order valence-corrected chi connectivity index (χ2v) is 5.96. The summed E-state index contributed by atoms with van der Waals surface area (Å²) in [5.74, 6) is -0.112. The number of carbonyl (C=O) groups excluding carboxylic acids is 1. The summed E-state index contributed by atoms with van der Waals surface area (Å²) >= 11 is 0. The number of hydrogen-bond donors (Lipinski definition) is 3. The topological polar surface area (TPSA) is 121 Å². The summed E-state index contributed by atoms with van der Waals surface area (Å²) in [5.41, 5.74) is 0.650. The maximum absolute atomic E-state index is 12.3. The molecule has 2 unspecified atom stereocenters. The minimum absolute atomic E-state index is 0.0802. The number of aliphatic hydroxyl groups excluding tert-OH is 1. The number of aromatic nitrogens is 2. The zero-order chi connectivity index (χ0) is 16.4. The molecule has 0 saturated heterocycles. The van der Waals surface area contributed by atoms with Gasteiger partial charge in [0.15, 0.2) is 5.69 Å². The van der Waals surface area contributed by atoms with Crippen LogP contribution in [0, 0.1) is 16.0 Å². The number of hydrogen-bond acceptors (Lipinski definition) is 5. The fraction of sp³-hybridized carbons (Fsp3) is 0.467. The van der Waals surface area contributed by atoms with Gasteiger partial charge in [-0.2, -0.15) is 5.10 Å². The number of nitrogens with one attached hydrogen (secondary N) is 2. The summed E-state index contributed by atoms with van der Waals surface area (Å²) in [6.45, 7) is 0.471. The lowest BCUT2D eigenvalue weighted by Crippen LogP contribution is -2.33. The molecule has 8 nitrogen and oxygen atoms in total. The van der Waals surface area contributed by atoms with Crippen molar-refractivity contribution in [2.45, 2.75) is 31.8 Å². The van der Waals surface area contributed by atoms with E-state index in [4.69, 9.17) is 0 Å². The van der Waals surface area contributed by atoms with E-state index in [0.717, 1.165) is 19.3 Å². The second kappa shape index (κ2) is 6.33. The highest BCUT2D eigenvalue weighted by atomic mass is 16.6. The van der Waals surface area contributed by atoms with Crippen molar-refractivity contribution in [1.82, 2.24) is 15.5 Å². The first-order valence-corrected chi connectivity index (χ1v) is 7.63. The number of nitro groups is 1. The van der Waals surface area contributed by atoms with Crippen LogP contribution >= 0.6 is 0 Å². The van der Waals surface area contributed by atoms with Gasteiger partial charge in [0.25, 0.3) is 11.6 Å². The standard InChI is InChI=1S/C15H18N4O4/c20-11-3-1-2-9(6-11)8-16-15(21)14-12-7-10(19(22)23)4-5-13(12)17-18-14/h4-5,7,9,11,20H,1-3,6,8H2,(H,16,21)(H,17,18). The fourth-order valence-electron chi connectivity index (χ4n) is 3.06. The van der Waals surface area contributed by atoms with E-state index in [1.165, 1.54) is 18.2 Å². The smallest absolute Gasteiger partial charge is 0.272 e. The molecule has 0 radical (unpaired) electrons.